The fourth-order valence-corrected chi connectivity index (χ4v) is 2.03. The molecular formula is C17H21N3O4. The molecule has 0 atom stereocenters. The maximum Gasteiger partial charge on any atom is 0.271 e. The van der Waals surface area contributed by atoms with Crippen molar-refractivity contribution < 1.29 is 14.3 Å². The predicted molar refractivity (Wildman–Crippen MR) is 88.6 cm³/mol. The van der Waals surface area contributed by atoms with Crippen LogP contribution in [0.5, 0.6) is 0 Å². The Hall–Kier alpha value is -2.51. The fourth-order valence-electron chi connectivity index (χ4n) is 2.03. The number of rotatable bonds is 9. The monoisotopic (exact) mass is 331 g/mol. The van der Waals surface area contributed by atoms with E-state index in [0.29, 0.717) is 33.0 Å². The van der Waals surface area contributed by atoms with E-state index in [-0.39, 0.29) is 17.2 Å². The van der Waals surface area contributed by atoms with Gasteiger partial charge in [-0.25, -0.2) is 5.10 Å². The summed E-state index contributed by atoms with van der Waals surface area (Å²) in [5, 5.41) is 8.69. The molecule has 7 nitrogen and oxygen atoms in total. The van der Waals surface area contributed by atoms with Crippen molar-refractivity contribution in [3.05, 3.63) is 63.6 Å². The number of ether oxygens (including phenoxy) is 2. The van der Waals surface area contributed by atoms with Crippen molar-refractivity contribution in [2.45, 2.75) is 20.1 Å². The Bertz CT molecular complexity index is 694. The van der Waals surface area contributed by atoms with Crippen LogP contribution in [0.1, 0.15) is 28.5 Å². The van der Waals surface area contributed by atoms with Gasteiger partial charge < -0.3 is 14.8 Å². The molecule has 0 saturated heterocycles. The summed E-state index contributed by atoms with van der Waals surface area (Å²) in [5.74, 6) is -0.343. The molecular weight excluding hydrogens is 310 g/mol. The SMILES string of the molecule is CCOCCOCc1cccc(CNC(=O)c2ccc(=O)[nH]n2)c1. The molecule has 0 aliphatic heterocycles. The number of nitrogens with one attached hydrogen (secondary N) is 2. The first-order chi connectivity index (χ1) is 11.7. The molecule has 0 aliphatic rings. The van der Waals surface area contributed by atoms with Crippen LogP contribution in [0.25, 0.3) is 0 Å². The third-order valence-corrected chi connectivity index (χ3v) is 3.20. The summed E-state index contributed by atoms with van der Waals surface area (Å²) in [6.45, 7) is 4.62. The molecule has 0 fully saturated rings. The highest BCUT2D eigenvalue weighted by Crippen LogP contribution is 2.07. The Morgan fingerprint density at radius 1 is 1.17 bits per heavy atom. The molecule has 0 saturated carbocycles. The number of aromatic nitrogens is 2. The summed E-state index contributed by atoms with van der Waals surface area (Å²) in [6, 6.07) is 10.4. The van der Waals surface area contributed by atoms with E-state index in [4.69, 9.17) is 9.47 Å². The van der Waals surface area contributed by atoms with Gasteiger partial charge in [0.05, 0.1) is 19.8 Å². The summed E-state index contributed by atoms with van der Waals surface area (Å²) in [4.78, 5) is 22.9. The van der Waals surface area contributed by atoms with Crippen molar-refractivity contribution in [3.8, 4) is 0 Å². The third-order valence-electron chi connectivity index (χ3n) is 3.20. The molecule has 24 heavy (non-hydrogen) atoms. The first-order valence-corrected chi connectivity index (χ1v) is 7.76. The van der Waals surface area contributed by atoms with Gasteiger partial charge in [0.15, 0.2) is 0 Å². The average molecular weight is 331 g/mol. The van der Waals surface area contributed by atoms with Crippen molar-refractivity contribution in [2.24, 2.45) is 0 Å². The topological polar surface area (TPSA) is 93.3 Å². The molecule has 0 radical (unpaired) electrons. The Morgan fingerprint density at radius 2 is 1.96 bits per heavy atom. The summed E-state index contributed by atoms with van der Waals surface area (Å²) in [5.41, 5.74) is 1.81. The number of carbonyl (C=O) groups excluding carboxylic acids is 1. The highest BCUT2D eigenvalue weighted by atomic mass is 16.5. The smallest absolute Gasteiger partial charge is 0.271 e. The molecule has 2 aromatic rings. The minimum absolute atomic E-state index is 0.171. The Morgan fingerprint density at radius 3 is 2.71 bits per heavy atom. The molecule has 1 amide bonds. The second kappa shape index (κ2) is 9.59. The molecule has 1 heterocycles. The molecule has 128 valence electrons. The number of aromatic amines is 1. The maximum atomic E-state index is 12.0. The lowest BCUT2D eigenvalue weighted by atomic mass is 10.1. The normalized spacial score (nSPS) is 10.5. The standard InChI is InChI=1S/C17H21N3O4/c1-2-23-8-9-24-12-14-5-3-4-13(10-14)11-18-17(22)15-6-7-16(21)20-19-15/h3-7,10H,2,8-9,11-12H2,1H3,(H,18,22)(H,20,21). The van der Waals surface area contributed by atoms with Crippen molar-refractivity contribution in [1.82, 2.24) is 15.5 Å². The van der Waals surface area contributed by atoms with E-state index in [2.05, 4.69) is 15.5 Å². The second-order valence-electron chi connectivity index (χ2n) is 5.06. The highest BCUT2D eigenvalue weighted by molar-refractivity contribution is 5.91. The first kappa shape index (κ1) is 17.8. The first-order valence-electron chi connectivity index (χ1n) is 7.76. The summed E-state index contributed by atoms with van der Waals surface area (Å²) >= 11 is 0. The summed E-state index contributed by atoms with van der Waals surface area (Å²) in [7, 11) is 0. The van der Waals surface area contributed by atoms with E-state index >= 15 is 0 Å². The minimum Gasteiger partial charge on any atom is -0.379 e. The highest BCUT2D eigenvalue weighted by Gasteiger charge is 2.07. The van der Waals surface area contributed by atoms with Gasteiger partial charge in [-0.15, -0.1) is 0 Å². The number of benzene rings is 1. The van der Waals surface area contributed by atoms with E-state index in [9.17, 15) is 9.59 Å². The molecule has 7 heteroatoms. The van der Waals surface area contributed by atoms with Crippen LogP contribution in [0.4, 0.5) is 0 Å². The summed E-state index contributed by atoms with van der Waals surface area (Å²) in [6.07, 6.45) is 0. The van der Waals surface area contributed by atoms with Gasteiger partial charge in [-0.3, -0.25) is 9.59 Å². The molecule has 0 unspecified atom stereocenters. The lowest BCUT2D eigenvalue weighted by Crippen LogP contribution is -2.25. The van der Waals surface area contributed by atoms with Crippen molar-refractivity contribution >= 4 is 5.91 Å². The number of carbonyl (C=O) groups is 1. The van der Waals surface area contributed by atoms with E-state index in [1.165, 1.54) is 12.1 Å². The Kier molecular flexibility index (Phi) is 7.13. The van der Waals surface area contributed by atoms with Crippen molar-refractivity contribution in [3.63, 3.8) is 0 Å². The number of amides is 1. The van der Waals surface area contributed by atoms with Crippen LogP contribution in [0, 0.1) is 0 Å². The van der Waals surface area contributed by atoms with Gasteiger partial charge in [-0.1, -0.05) is 24.3 Å². The van der Waals surface area contributed by atoms with Crippen LogP contribution in [-0.4, -0.2) is 35.9 Å². The van der Waals surface area contributed by atoms with Gasteiger partial charge in [-0.05, 0) is 24.1 Å². The van der Waals surface area contributed by atoms with Crippen LogP contribution in [0.15, 0.2) is 41.2 Å². The zero-order valence-electron chi connectivity index (χ0n) is 13.6. The predicted octanol–water partition coefficient (Wildman–Crippen LogP) is 1.25. The van der Waals surface area contributed by atoms with Gasteiger partial charge in [0.1, 0.15) is 5.69 Å². The fraction of sp³-hybridized carbons (Fsp3) is 0.353. The Balaban J connectivity index is 1.82. The van der Waals surface area contributed by atoms with Crippen LogP contribution >= 0.6 is 0 Å². The number of hydrogen-bond donors (Lipinski definition) is 2. The lowest BCUT2D eigenvalue weighted by molar-refractivity contribution is 0.0453. The van der Waals surface area contributed by atoms with E-state index in [1.807, 2.05) is 31.2 Å². The summed E-state index contributed by atoms with van der Waals surface area (Å²) < 4.78 is 10.7. The number of hydrogen-bond acceptors (Lipinski definition) is 5. The van der Waals surface area contributed by atoms with Gasteiger partial charge in [0.25, 0.3) is 11.5 Å². The van der Waals surface area contributed by atoms with E-state index < -0.39 is 0 Å². The second-order valence-corrected chi connectivity index (χ2v) is 5.06. The molecule has 2 N–H and O–H groups in total. The van der Waals surface area contributed by atoms with Gasteiger partial charge in [0.2, 0.25) is 0 Å². The van der Waals surface area contributed by atoms with Gasteiger partial charge in [0, 0.05) is 19.2 Å². The Labute approximate surface area is 140 Å². The maximum absolute atomic E-state index is 12.0. The van der Waals surface area contributed by atoms with Gasteiger partial charge in [-0.2, -0.15) is 5.10 Å². The zero-order chi connectivity index (χ0) is 17.2. The van der Waals surface area contributed by atoms with Gasteiger partial charge >= 0.3 is 0 Å². The van der Waals surface area contributed by atoms with Crippen LogP contribution in [0.3, 0.4) is 0 Å². The lowest BCUT2D eigenvalue weighted by Gasteiger charge is -2.08. The molecule has 0 bridgehead atoms. The van der Waals surface area contributed by atoms with E-state index in [0.717, 1.165) is 11.1 Å². The number of nitrogens with zero attached hydrogens (tertiary/aromatic N) is 1. The quantitative estimate of drug-likeness (QED) is 0.675. The van der Waals surface area contributed by atoms with Crippen LogP contribution < -0.4 is 10.9 Å². The van der Waals surface area contributed by atoms with Crippen LogP contribution in [-0.2, 0) is 22.6 Å². The zero-order valence-corrected chi connectivity index (χ0v) is 13.6. The average Bonchev–Trinajstić information content (AvgIpc) is 2.60. The van der Waals surface area contributed by atoms with E-state index in [1.54, 1.807) is 0 Å². The largest absolute Gasteiger partial charge is 0.379 e. The molecule has 1 aromatic heterocycles. The third kappa shape index (κ3) is 5.94. The molecule has 1 aromatic carbocycles. The van der Waals surface area contributed by atoms with Crippen molar-refractivity contribution in [1.29, 1.82) is 0 Å². The molecule has 0 spiro atoms. The van der Waals surface area contributed by atoms with Crippen LogP contribution in [0.2, 0.25) is 0 Å². The van der Waals surface area contributed by atoms with Crippen molar-refractivity contribution in [2.75, 3.05) is 19.8 Å². The minimum atomic E-state index is -0.344. The number of H-pyrrole nitrogens is 1. The molecule has 0 aliphatic carbocycles. The molecule has 2 rings (SSSR count).